The first-order valence-corrected chi connectivity index (χ1v) is 7.43. The molecule has 3 aromatic rings. The number of nitrogens with zero attached hydrogens (tertiary/aromatic N) is 3. The maximum absolute atomic E-state index is 12.1. The summed E-state index contributed by atoms with van der Waals surface area (Å²) in [6, 6.07) is 7.55. The van der Waals surface area contributed by atoms with E-state index in [1.807, 2.05) is 29.1 Å². The van der Waals surface area contributed by atoms with Crippen LogP contribution in [0.4, 0.5) is 0 Å². The van der Waals surface area contributed by atoms with E-state index >= 15 is 0 Å². The van der Waals surface area contributed by atoms with Crippen LogP contribution in [0.5, 0.6) is 0 Å². The first-order chi connectivity index (χ1) is 10.3. The molecule has 0 aliphatic carbocycles. The molecule has 108 valence electrons. The second-order valence-corrected chi connectivity index (χ2v) is 5.64. The first kappa shape index (κ1) is 12.6. The van der Waals surface area contributed by atoms with Gasteiger partial charge in [-0.25, -0.2) is 4.79 Å². The second-order valence-electron chi connectivity index (χ2n) is 5.64. The Balaban J connectivity index is 1.79. The van der Waals surface area contributed by atoms with Crippen LogP contribution in [0.2, 0.25) is 0 Å². The molecule has 1 aliphatic heterocycles. The normalized spacial score (nSPS) is 16.8. The van der Waals surface area contributed by atoms with Crippen molar-refractivity contribution in [2.75, 3.05) is 13.1 Å². The molecule has 1 fully saturated rings. The summed E-state index contributed by atoms with van der Waals surface area (Å²) in [7, 11) is 0. The molecule has 0 atom stereocenters. The van der Waals surface area contributed by atoms with Crippen LogP contribution in [-0.2, 0) is 6.67 Å². The number of rotatable bonds is 2. The molecule has 21 heavy (non-hydrogen) atoms. The van der Waals surface area contributed by atoms with Crippen LogP contribution >= 0.6 is 0 Å². The average Bonchev–Trinajstić information content (AvgIpc) is 2.93. The van der Waals surface area contributed by atoms with Gasteiger partial charge in [-0.15, -0.1) is 0 Å². The number of hydrogen-bond acceptors (Lipinski definition) is 4. The zero-order chi connectivity index (χ0) is 14.2. The molecule has 0 bridgehead atoms. The zero-order valence-corrected chi connectivity index (χ0v) is 11.8. The quantitative estimate of drug-likeness (QED) is 0.678. The van der Waals surface area contributed by atoms with Gasteiger partial charge in [0.25, 0.3) is 0 Å². The summed E-state index contributed by atoms with van der Waals surface area (Å²) in [5.74, 6) is 0. The molecular weight excluding hydrogens is 266 g/mol. The Morgan fingerprint density at radius 2 is 1.90 bits per heavy atom. The topological polar surface area (TPSA) is 51.3 Å². The fraction of sp³-hybridized carbons (Fsp3) is 0.375. The lowest BCUT2D eigenvalue weighted by atomic mass is 10.1. The summed E-state index contributed by atoms with van der Waals surface area (Å²) in [5.41, 5.74) is 1.02. The van der Waals surface area contributed by atoms with Crippen molar-refractivity contribution in [1.29, 1.82) is 0 Å². The van der Waals surface area contributed by atoms with Gasteiger partial charge in [-0.2, -0.15) is 5.10 Å². The minimum atomic E-state index is -0.311. The van der Waals surface area contributed by atoms with E-state index in [1.54, 1.807) is 6.07 Å². The SMILES string of the molecule is O=c1oc2ccccc2c2nn(CN3CCCCC3)cc12. The van der Waals surface area contributed by atoms with Crippen LogP contribution in [0.15, 0.2) is 39.7 Å². The fourth-order valence-electron chi connectivity index (χ4n) is 3.05. The summed E-state index contributed by atoms with van der Waals surface area (Å²) >= 11 is 0. The highest BCUT2D eigenvalue weighted by Crippen LogP contribution is 2.21. The Labute approximate surface area is 121 Å². The van der Waals surface area contributed by atoms with E-state index in [9.17, 15) is 4.79 Å². The minimum absolute atomic E-state index is 0.311. The van der Waals surface area contributed by atoms with E-state index in [0.717, 1.165) is 30.7 Å². The highest BCUT2D eigenvalue weighted by atomic mass is 16.4. The van der Waals surface area contributed by atoms with Crippen molar-refractivity contribution in [3.05, 3.63) is 40.9 Å². The fourth-order valence-corrected chi connectivity index (χ4v) is 3.05. The van der Waals surface area contributed by atoms with Crippen LogP contribution in [0.25, 0.3) is 21.9 Å². The predicted octanol–water partition coefficient (Wildman–Crippen LogP) is 2.59. The van der Waals surface area contributed by atoms with E-state index < -0.39 is 0 Å². The lowest BCUT2D eigenvalue weighted by Gasteiger charge is -2.25. The summed E-state index contributed by atoms with van der Waals surface area (Å²) in [6.45, 7) is 2.94. The largest absolute Gasteiger partial charge is 0.422 e. The number of aromatic nitrogens is 2. The van der Waals surface area contributed by atoms with Crippen LogP contribution in [0, 0.1) is 0 Å². The average molecular weight is 283 g/mol. The third-order valence-corrected chi connectivity index (χ3v) is 4.12. The molecule has 3 heterocycles. The molecule has 0 N–H and O–H groups in total. The number of para-hydroxylation sites is 1. The zero-order valence-electron chi connectivity index (χ0n) is 11.8. The van der Waals surface area contributed by atoms with E-state index in [0.29, 0.717) is 11.0 Å². The Bertz CT molecular complexity index is 843. The van der Waals surface area contributed by atoms with E-state index in [2.05, 4.69) is 10.00 Å². The number of hydrogen-bond donors (Lipinski definition) is 0. The number of benzene rings is 1. The summed E-state index contributed by atoms with van der Waals surface area (Å²) in [5, 5.41) is 6.06. The van der Waals surface area contributed by atoms with Crippen LogP contribution in [0.1, 0.15) is 19.3 Å². The molecule has 0 unspecified atom stereocenters. The van der Waals surface area contributed by atoms with Crippen molar-refractivity contribution in [2.24, 2.45) is 0 Å². The van der Waals surface area contributed by atoms with Gasteiger partial charge in [0.1, 0.15) is 16.5 Å². The molecule has 1 aliphatic rings. The molecule has 0 spiro atoms. The van der Waals surface area contributed by atoms with Gasteiger partial charge >= 0.3 is 5.63 Å². The van der Waals surface area contributed by atoms with Crippen molar-refractivity contribution in [3.8, 4) is 0 Å². The summed E-state index contributed by atoms with van der Waals surface area (Å²) < 4.78 is 7.22. The highest BCUT2D eigenvalue weighted by Gasteiger charge is 2.14. The Kier molecular flexibility index (Phi) is 3.00. The van der Waals surface area contributed by atoms with E-state index in [4.69, 9.17) is 4.42 Å². The molecule has 1 saturated heterocycles. The number of piperidine rings is 1. The second kappa shape index (κ2) is 5.00. The first-order valence-electron chi connectivity index (χ1n) is 7.43. The molecule has 4 rings (SSSR count). The molecule has 1 aromatic carbocycles. The van der Waals surface area contributed by atoms with Gasteiger partial charge < -0.3 is 4.42 Å². The summed E-state index contributed by atoms with van der Waals surface area (Å²) in [6.07, 6.45) is 5.60. The molecule has 5 nitrogen and oxygen atoms in total. The lowest BCUT2D eigenvalue weighted by Crippen LogP contribution is -2.31. The van der Waals surface area contributed by atoms with E-state index in [-0.39, 0.29) is 5.63 Å². The number of fused-ring (bicyclic) bond motifs is 3. The van der Waals surface area contributed by atoms with Crippen LogP contribution in [0.3, 0.4) is 0 Å². The van der Waals surface area contributed by atoms with Crippen molar-refractivity contribution >= 4 is 21.9 Å². The molecule has 5 heteroatoms. The highest BCUT2D eigenvalue weighted by molar-refractivity contribution is 6.01. The Morgan fingerprint density at radius 1 is 1.10 bits per heavy atom. The van der Waals surface area contributed by atoms with Crippen molar-refractivity contribution in [1.82, 2.24) is 14.7 Å². The molecule has 0 radical (unpaired) electrons. The van der Waals surface area contributed by atoms with Gasteiger partial charge in [-0.05, 0) is 38.1 Å². The van der Waals surface area contributed by atoms with Gasteiger partial charge in [0.05, 0.1) is 6.67 Å². The third-order valence-electron chi connectivity index (χ3n) is 4.12. The lowest BCUT2D eigenvalue weighted by molar-refractivity contribution is 0.174. The molecular formula is C16H17N3O2. The van der Waals surface area contributed by atoms with Crippen LogP contribution in [-0.4, -0.2) is 27.8 Å². The summed E-state index contributed by atoms with van der Waals surface area (Å²) in [4.78, 5) is 14.4. The predicted molar refractivity (Wildman–Crippen MR) is 81.2 cm³/mol. The maximum atomic E-state index is 12.1. The third kappa shape index (κ3) is 2.23. The molecule has 2 aromatic heterocycles. The maximum Gasteiger partial charge on any atom is 0.347 e. The van der Waals surface area contributed by atoms with Gasteiger partial charge in [0, 0.05) is 11.6 Å². The van der Waals surface area contributed by atoms with Crippen LogP contribution < -0.4 is 5.63 Å². The van der Waals surface area contributed by atoms with Crippen molar-refractivity contribution in [3.63, 3.8) is 0 Å². The molecule has 0 saturated carbocycles. The van der Waals surface area contributed by atoms with Crippen molar-refractivity contribution in [2.45, 2.75) is 25.9 Å². The molecule has 0 amide bonds. The monoisotopic (exact) mass is 283 g/mol. The smallest absolute Gasteiger partial charge is 0.347 e. The minimum Gasteiger partial charge on any atom is -0.422 e. The Hall–Kier alpha value is -2.14. The van der Waals surface area contributed by atoms with Gasteiger partial charge in [-0.3, -0.25) is 9.58 Å². The number of likely N-dealkylation sites (tertiary alicyclic amines) is 1. The van der Waals surface area contributed by atoms with Gasteiger partial charge in [0.15, 0.2) is 0 Å². The van der Waals surface area contributed by atoms with Gasteiger partial charge in [-0.1, -0.05) is 18.6 Å². The van der Waals surface area contributed by atoms with Crippen molar-refractivity contribution < 1.29 is 4.42 Å². The standard InChI is InChI=1S/C16H17N3O2/c20-16-13-10-19(11-18-8-4-1-5-9-18)17-15(13)12-6-2-3-7-14(12)21-16/h2-3,6-7,10H,1,4-5,8-9,11H2. The van der Waals surface area contributed by atoms with E-state index in [1.165, 1.54) is 19.3 Å². The Morgan fingerprint density at radius 3 is 2.76 bits per heavy atom. The van der Waals surface area contributed by atoms with Gasteiger partial charge in [0.2, 0.25) is 0 Å².